The van der Waals surface area contributed by atoms with Gasteiger partial charge in [-0.05, 0) is 30.7 Å². The van der Waals surface area contributed by atoms with Crippen molar-refractivity contribution in [3.8, 4) is 0 Å². The summed E-state index contributed by atoms with van der Waals surface area (Å²) >= 11 is 12.5. The molecule has 1 fully saturated rings. The lowest BCUT2D eigenvalue weighted by Gasteiger charge is -2.36. The Morgan fingerprint density at radius 1 is 1.06 bits per heavy atom. The third-order valence-corrected chi connectivity index (χ3v) is 6.61. The molecule has 0 spiro atoms. The van der Waals surface area contributed by atoms with Crippen LogP contribution in [0.3, 0.4) is 0 Å². The largest absolute Gasteiger partial charge is 0.339 e. The van der Waals surface area contributed by atoms with E-state index in [-0.39, 0.29) is 24.1 Å². The molecule has 0 bridgehead atoms. The van der Waals surface area contributed by atoms with Crippen LogP contribution in [0, 0.1) is 5.82 Å². The highest BCUT2D eigenvalue weighted by atomic mass is 35.5. The van der Waals surface area contributed by atoms with E-state index in [9.17, 15) is 14.0 Å². The van der Waals surface area contributed by atoms with Crippen LogP contribution in [0.25, 0.3) is 11.0 Å². The standard InChI is InChI=1S/C23H23Cl2FN4O2/c1-14(23(32)29-9-7-28(8-10-29)15(2)31)30-21-13-18(25)17(24)12-20(21)27-22(30)11-16-5-3-4-6-19(16)26/h3-6,12-14H,7-11H2,1-2H3. The van der Waals surface area contributed by atoms with Crippen molar-refractivity contribution in [3.05, 3.63) is 63.6 Å². The molecule has 1 atom stereocenters. The number of piperazine rings is 1. The van der Waals surface area contributed by atoms with Gasteiger partial charge in [-0.25, -0.2) is 9.37 Å². The van der Waals surface area contributed by atoms with Gasteiger partial charge in [-0.2, -0.15) is 0 Å². The average molecular weight is 477 g/mol. The van der Waals surface area contributed by atoms with Gasteiger partial charge in [0.15, 0.2) is 0 Å². The van der Waals surface area contributed by atoms with E-state index in [0.717, 1.165) is 0 Å². The van der Waals surface area contributed by atoms with Crippen LogP contribution < -0.4 is 0 Å². The second-order valence-corrected chi connectivity index (χ2v) is 8.74. The predicted octanol–water partition coefficient (Wildman–Crippen LogP) is 4.32. The topological polar surface area (TPSA) is 58.4 Å². The maximum absolute atomic E-state index is 14.4. The van der Waals surface area contributed by atoms with Gasteiger partial charge >= 0.3 is 0 Å². The van der Waals surface area contributed by atoms with Gasteiger partial charge in [0.2, 0.25) is 11.8 Å². The Balaban J connectivity index is 1.71. The van der Waals surface area contributed by atoms with E-state index in [1.165, 1.54) is 13.0 Å². The molecule has 0 aliphatic carbocycles. The summed E-state index contributed by atoms with van der Waals surface area (Å²) in [6.07, 6.45) is 0.215. The summed E-state index contributed by atoms with van der Waals surface area (Å²) in [5.41, 5.74) is 1.73. The molecule has 0 N–H and O–H groups in total. The summed E-state index contributed by atoms with van der Waals surface area (Å²) in [6, 6.07) is 9.25. The van der Waals surface area contributed by atoms with Crippen molar-refractivity contribution >= 4 is 46.0 Å². The number of amides is 2. The number of nitrogens with zero attached hydrogens (tertiary/aromatic N) is 4. The fourth-order valence-corrected chi connectivity index (χ4v) is 4.44. The van der Waals surface area contributed by atoms with Gasteiger partial charge in [-0.15, -0.1) is 0 Å². The highest BCUT2D eigenvalue weighted by Crippen LogP contribution is 2.31. The van der Waals surface area contributed by atoms with Crippen LogP contribution in [-0.2, 0) is 16.0 Å². The molecule has 0 radical (unpaired) electrons. The maximum Gasteiger partial charge on any atom is 0.245 e. The summed E-state index contributed by atoms with van der Waals surface area (Å²) < 4.78 is 16.2. The molecule has 9 heteroatoms. The average Bonchev–Trinajstić information content (AvgIpc) is 3.11. The number of halogens is 3. The third-order valence-electron chi connectivity index (χ3n) is 5.89. The second kappa shape index (κ2) is 9.08. The summed E-state index contributed by atoms with van der Waals surface area (Å²) in [4.78, 5) is 33.1. The minimum absolute atomic E-state index is 0.00412. The fourth-order valence-electron chi connectivity index (χ4n) is 4.13. The van der Waals surface area contributed by atoms with Crippen molar-refractivity contribution < 1.29 is 14.0 Å². The Kier molecular flexibility index (Phi) is 6.40. The first-order chi connectivity index (χ1) is 15.3. The number of aromatic nitrogens is 2. The summed E-state index contributed by atoms with van der Waals surface area (Å²) in [5, 5.41) is 0.716. The highest BCUT2D eigenvalue weighted by Gasteiger charge is 2.29. The minimum atomic E-state index is -0.595. The van der Waals surface area contributed by atoms with Crippen LogP contribution in [0.1, 0.15) is 31.3 Å². The number of carbonyl (C=O) groups is 2. The third kappa shape index (κ3) is 4.32. The zero-order valence-corrected chi connectivity index (χ0v) is 19.3. The molecule has 1 saturated heterocycles. The Bertz CT molecular complexity index is 1190. The molecule has 3 aromatic rings. The fraction of sp³-hybridized carbons (Fsp3) is 0.348. The van der Waals surface area contributed by atoms with Gasteiger partial charge in [-0.3, -0.25) is 9.59 Å². The minimum Gasteiger partial charge on any atom is -0.339 e. The molecule has 1 unspecified atom stereocenters. The molecular weight excluding hydrogens is 454 g/mol. The zero-order chi connectivity index (χ0) is 23.0. The van der Waals surface area contributed by atoms with Gasteiger partial charge < -0.3 is 14.4 Å². The van der Waals surface area contributed by atoms with E-state index in [0.29, 0.717) is 58.6 Å². The van der Waals surface area contributed by atoms with Crippen molar-refractivity contribution in [2.45, 2.75) is 26.3 Å². The van der Waals surface area contributed by atoms with Crippen LogP contribution in [0.15, 0.2) is 36.4 Å². The molecule has 0 saturated carbocycles. The number of fused-ring (bicyclic) bond motifs is 1. The quantitative estimate of drug-likeness (QED) is 0.563. The number of rotatable bonds is 4. The molecule has 168 valence electrons. The number of imidazole rings is 1. The first-order valence-electron chi connectivity index (χ1n) is 10.4. The van der Waals surface area contributed by atoms with Gasteiger partial charge in [0.25, 0.3) is 0 Å². The summed E-state index contributed by atoms with van der Waals surface area (Å²) in [7, 11) is 0. The van der Waals surface area contributed by atoms with Crippen molar-refractivity contribution in [2.24, 2.45) is 0 Å². The predicted molar refractivity (Wildman–Crippen MR) is 123 cm³/mol. The number of hydrogen-bond donors (Lipinski definition) is 0. The van der Waals surface area contributed by atoms with Gasteiger partial charge in [0.05, 0.1) is 21.1 Å². The molecule has 4 rings (SSSR count). The second-order valence-electron chi connectivity index (χ2n) is 7.93. The lowest BCUT2D eigenvalue weighted by atomic mass is 10.1. The Morgan fingerprint density at radius 3 is 2.34 bits per heavy atom. The molecule has 1 aliphatic rings. The molecule has 1 aliphatic heterocycles. The van der Waals surface area contributed by atoms with E-state index in [4.69, 9.17) is 23.2 Å². The number of benzene rings is 2. The van der Waals surface area contributed by atoms with Crippen LogP contribution in [0.4, 0.5) is 4.39 Å². The van der Waals surface area contributed by atoms with Gasteiger partial charge in [-0.1, -0.05) is 41.4 Å². The van der Waals surface area contributed by atoms with E-state index >= 15 is 0 Å². The van der Waals surface area contributed by atoms with Crippen molar-refractivity contribution in [1.29, 1.82) is 0 Å². The summed E-state index contributed by atoms with van der Waals surface area (Å²) in [6.45, 7) is 5.26. The monoisotopic (exact) mass is 476 g/mol. The molecule has 2 heterocycles. The van der Waals surface area contributed by atoms with E-state index in [2.05, 4.69) is 4.98 Å². The van der Waals surface area contributed by atoms with Crippen LogP contribution in [-0.4, -0.2) is 57.3 Å². The molecule has 2 amide bonds. The first-order valence-corrected chi connectivity index (χ1v) is 11.2. The smallest absolute Gasteiger partial charge is 0.245 e. The van der Waals surface area contributed by atoms with Gasteiger partial charge in [0, 0.05) is 39.5 Å². The van der Waals surface area contributed by atoms with E-state index < -0.39 is 6.04 Å². The van der Waals surface area contributed by atoms with Crippen LogP contribution in [0.2, 0.25) is 10.0 Å². The molecule has 32 heavy (non-hydrogen) atoms. The molecule has 6 nitrogen and oxygen atoms in total. The first kappa shape index (κ1) is 22.6. The van der Waals surface area contributed by atoms with Crippen molar-refractivity contribution in [1.82, 2.24) is 19.4 Å². The Hall–Kier alpha value is -2.64. The number of carbonyl (C=O) groups excluding carboxylic acids is 2. The highest BCUT2D eigenvalue weighted by molar-refractivity contribution is 6.42. The van der Waals surface area contributed by atoms with Crippen LogP contribution in [0.5, 0.6) is 0 Å². The van der Waals surface area contributed by atoms with E-state index in [1.807, 2.05) is 4.57 Å². The Morgan fingerprint density at radius 2 is 1.69 bits per heavy atom. The zero-order valence-electron chi connectivity index (χ0n) is 17.8. The lowest BCUT2D eigenvalue weighted by Crippen LogP contribution is -2.51. The van der Waals surface area contributed by atoms with Gasteiger partial charge in [0.1, 0.15) is 17.7 Å². The molecule has 2 aromatic carbocycles. The van der Waals surface area contributed by atoms with E-state index in [1.54, 1.807) is 47.1 Å². The normalized spacial score (nSPS) is 15.3. The van der Waals surface area contributed by atoms with Crippen molar-refractivity contribution in [3.63, 3.8) is 0 Å². The molecule has 1 aromatic heterocycles. The maximum atomic E-state index is 14.4. The Labute approximate surface area is 195 Å². The molecular formula is C23H23Cl2FN4O2. The van der Waals surface area contributed by atoms with Crippen molar-refractivity contribution in [2.75, 3.05) is 26.2 Å². The summed E-state index contributed by atoms with van der Waals surface area (Å²) in [5.74, 6) is 0.131. The number of hydrogen-bond acceptors (Lipinski definition) is 3. The SMILES string of the molecule is CC(=O)N1CCN(C(=O)C(C)n2c(Cc3ccccc3F)nc3cc(Cl)c(Cl)cc32)CC1. The lowest BCUT2D eigenvalue weighted by molar-refractivity contribution is -0.140. The van der Waals surface area contributed by atoms with Crippen LogP contribution >= 0.6 is 23.2 Å².